The van der Waals surface area contributed by atoms with Crippen LogP contribution in [-0.4, -0.2) is 49.8 Å². The number of likely N-dealkylation sites (tertiary alicyclic amines) is 1. The molecular formula is C21H22N2O5. The summed E-state index contributed by atoms with van der Waals surface area (Å²) >= 11 is 0. The van der Waals surface area contributed by atoms with Crippen molar-refractivity contribution in [1.29, 1.82) is 0 Å². The van der Waals surface area contributed by atoms with E-state index in [4.69, 9.17) is 9.47 Å². The first-order valence-electron chi connectivity index (χ1n) is 8.93. The number of ketones is 1. The van der Waals surface area contributed by atoms with Gasteiger partial charge in [-0.2, -0.15) is 0 Å². The minimum atomic E-state index is -0.908. The summed E-state index contributed by atoms with van der Waals surface area (Å²) in [5.74, 6) is -0.700. The SMILES string of the molecule is COc1ccc(NC(=O)C2CN(C(=O)c3ccccc3)CCC2=O)cc1OC. The summed E-state index contributed by atoms with van der Waals surface area (Å²) in [6, 6.07) is 13.8. The molecule has 1 unspecified atom stereocenters. The molecule has 0 spiro atoms. The van der Waals surface area contributed by atoms with E-state index in [1.165, 1.54) is 14.2 Å². The van der Waals surface area contributed by atoms with Gasteiger partial charge in [0.05, 0.1) is 14.2 Å². The smallest absolute Gasteiger partial charge is 0.253 e. The van der Waals surface area contributed by atoms with E-state index >= 15 is 0 Å². The summed E-state index contributed by atoms with van der Waals surface area (Å²) in [6.45, 7) is 0.373. The number of nitrogens with one attached hydrogen (secondary N) is 1. The lowest BCUT2D eigenvalue weighted by atomic mass is 9.94. The van der Waals surface area contributed by atoms with Crippen molar-refractivity contribution in [1.82, 2.24) is 4.90 Å². The first-order chi connectivity index (χ1) is 13.5. The molecule has 3 rings (SSSR count). The normalized spacial score (nSPS) is 16.4. The molecule has 2 aromatic carbocycles. The van der Waals surface area contributed by atoms with Crippen molar-refractivity contribution in [3.63, 3.8) is 0 Å². The summed E-state index contributed by atoms with van der Waals surface area (Å²) in [7, 11) is 3.02. The average molecular weight is 382 g/mol. The molecule has 0 aliphatic carbocycles. The van der Waals surface area contributed by atoms with Crippen LogP contribution < -0.4 is 14.8 Å². The molecule has 7 nitrogen and oxygen atoms in total. The Balaban J connectivity index is 1.72. The Morgan fingerprint density at radius 3 is 2.43 bits per heavy atom. The van der Waals surface area contributed by atoms with Crippen LogP contribution in [0.15, 0.2) is 48.5 Å². The lowest BCUT2D eigenvalue weighted by Gasteiger charge is -2.31. The summed E-state index contributed by atoms with van der Waals surface area (Å²) < 4.78 is 10.4. The summed E-state index contributed by atoms with van der Waals surface area (Å²) in [5, 5.41) is 2.73. The average Bonchev–Trinajstić information content (AvgIpc) is 2.74. The van der Waals surface area contributed by atoms with E-state index in [0.717, 1.165) is 0 Å². The van der Waals surface area contributed by atoms with Crippen LogP contribution in [0.4, 0.5) is 5.69 Å². The molecule has 2 amide bonds. The monoisotopic (exact) mass is 382 g/mol. The number of methoxy groups -OCH3 is 2. The fourth-order valence-corrected chi connectivity index (χ4v) is 3.15. The number of carbonyl (C=O) groups is 3. The fraction of sp³-hybridized carbons (Fsp3) is 0.286. The van der Waals surface area contributed by atoms with Gasteiger partial charge in [0.1, 0.15) is 11.7 Å². The maximum Gasteiger partial charge on any atom is 0.253 e. The second-order valence-corrected chi connectivity index (χ2v) is 6.45. The number of anilines is 1. The molecule has 0 aromatic heterocycles. The highest BCUT2D eigenvalue weighted by atomic mass is 16.5. The zero-order chi connectivity index (χ0) is 20.1. The van der Waals surface area contributed by atoms with Crippen molar-refractivity contribution in [2.45, 2.75) is 6.42 Å². The molecule has 2 aromatic rings. The molecule has 1 atom stereocenters. The van der Waals surface area contributed by atoms with Crippen LogP contribution in [0.1, 0.15) is 16.8 Å². The number of amides is 2. The molecule has 146 valence electrons. The standard InChI is InChI=1S/C21H22N2O5/c1-27-18-9-8-15(12-19(18)28-2)22-20(25)16-13-23(11-10-17(16)24)21(26)14-6-4-3-5-7-14/h3-9,12,16H,10-11,13H2,1-2H3,(H,22,25). The van der Waals surface area contributed by atoms with Crippen LogP contribution in [0.5, 0.6) is 11.5 Å². The van der Waals surface area contributed by atoms with Crippen LogP contribution in [0.2, 0.25) is 0 Å². The maximum atomic E-state index is 12.7. The third-order valence-electron chi connectivity index (χ3n) is 4.70. The zero-order valence-electron chi connectivity index (χ0n) is 15.8. The van der Waals surface area contributed by atoms with Crippen molar-refractivity contribution in [2.75, 3.05) is 32.6 Å². The van der Waals surface area contributed by atoms with Gasteiger partial charge in [-0.15, -0.1) is 0 Å². The Hall–Kier alpha value is -3.35. The second kappa shape index (κ2) is 8.56. The lowest BCUT2D eigenvalue weighted by molar-refractivity contribution is -0.133. The van der Waals surface area contributed by atoms with E-state index in [9.17, 15) is 14.4 Å². The highest BCUT2D eigenvalue weighted by molar-refractivity contribution is 6.09. The molecule has 1 saturated heterocycles. The number of Topliss-reactive ketones (excluding diaryl/α,β-unsaturated/α-hetero) is 1. The number of carbonyl (C=O) groups excluding carboxylic acids is 3. The number of hydrogen-bond donors (Lipinski definition) is 1. The number of piperidine rings is 1. The largest absolute Gasteiger partial charge is 0.493 e. The van der Waals surface area contributed by atoms with Crippen molar-refractivity contribution in [3.05, 3.63) is 54.1 Å². The van der Waals surface area contributed by atoms with E-state index in [1.807, 2.05) is 6.07 Å². The third-order valence-corrected chi connectivity index (χ3v) is 4.70. The summed E-state index contributed by atoms with van der Waals surface area (Å²) in [5.41, 5.74) is 1.03. The van der Waals surface area contributed by atoms with Crippen LogP contribution >= 0.6 is 0 Å². The van der Waals surface area contributed by atoms with Crippen LogP contribution in [0.25, 0.3) is 0 Å². The van der Waals surface area contributed by atoms with Crippen molar-refractivity contribution < 1.29 is 23.9 Å². The first-order valence-corrected chi connectivity index (χ1v) is 8.93. The fourth-order valence-electron chi connectivity index (χ4n) is 3.15. The number of rotatable bonds is 5. The van der Waals surface area contributed by atoms with Crippen molar-refractivity contribution >= 4 is 23.3 Å². The van der Waals surface area contributed by atoms with E-state index in [1.54, 1.807) is 47.4 Å². The van der Waals surface area contributed by atoms with Crippen LogP contribution in [0, 0.1) is 5.92 Å². The molecule has 0 bridgehead atoms. The number of ether oxygens (including phenoxy) is 2. The second-order valence-electron chi connectivity index (χ2n) is 6.45. The van der Waals surface area contributed by atoms with E-state index < -0.39 is 11.8 Å². The van der Waals surface area contributed by atoms with E-state index in [0.29, 0.717) is 29.3 Å². The number of benzene rings is 2. The predicted molar refractivity (Wildman–Crippen MR) is 104 cm³/mol. The Morgan fingerprint density at radius 1 is 1.04 bits per heavy atom. The quantitative estimate of drug-likeness (QED) is 0.803. The number of nitrogens with zero attached hydrogens (tertiary/aromatic N) is 1. The van der Waals surface area contributed by atoms with Gasteiger partial charge in [-0.25, -0.2) is 0 Å². The number of hydrogen-bond acceptors (Lipinski definition) is 5. The predicted octanol–water partition coefficient (Wildman–Crippen LogP) is 2.37. The Labute approximate surface area is 163 Å². The van der Waals surface area contributed by atoms with Gasteiger partial charge in [0.25, 0.3) is 5.91 Å². The van der Waals surface area contributed by atoms with Gasteiger partial charge in [0.2, 0.25) is 5.91 Å². The van der Waals surface area contributed by atoms with E-state index in [-0.39, 0.29) is 24.7 Å². The van der Waals surface area contributed by atoms with Crippen molar-refractivity contribution in [3.8, 4) is 11.5 Å². The van der Waals surface area contributed by atoms with Gasteiger partial charge in [-0.3, -0.25) is 14.4 Å². The minimum absolute atomic E-state index is 0.0612. The molecule has 1 aliphatic rings. The minimum Gasteiger partial charge on any atom is -0.493 e. The van der Waals surface area contributed by atoms with Gasteiger partial charge in [-0.05, 0) is 24.3 Å². The summed E-state index contributed by atoms with van der Waals surface area (Å²) in [4.78, 5) is 39.2. The van der Waals surface area contributed by atoms with Gasteiger partial charge < -0.3 is 19.7 Å². The van der Waals surface area contributed by atoms with Crippen LogP contribution in [0.3, 0.4) is 0 Å². The van der Waals surface area contributed by atoms with Gasteiger partial charge in [0.15, 0.2) is 11.5 Å². The molecule has 0 radical (unpaired) electrons. The van der Waals surface area contributed by atoms with Crippen molar-refractivity contribution in [2.24, 2.45) is 5.92 Å². The van der Waals surface area contributed by atoms with Gasteiger partial charge in [-0.1, -0.05) is 18.2 Å². The zero-order valence-corrected chi connectivity index (χ0v) is 15.8. The topological polar surface area (TPSA) is 84.9 Å². The molecule has 1 fully saturated rings. The summed E-state index contributed by atoms with van der Waals surface area (Å²) in [6.07, 6.45) is 0.155. The Kier molecular flexibility index (Phi) is 5.93. The first kappa shape index (κ1) is 19.4. The third kappa shape index (κ3) is 4.14. The molecule has 1 aliphatic heterocycles. The molecule has 28 heavy (non-hydrogen) atoms. The maximum absolute atomic E-state index is 12.7. The molecular weight excluding hydrogens is 360 g/mol. The highest BCUT2D eigenvalue weighted by Gasteiger charge is 2.35. The van der Waals surface area contributed by atoms with Gasteiger partial charge >= 0.3 is 0 Å². The van der Waals surface area contributed by atoms with Crippen LogP contribution in [-0.2, 0) is 9.59 Å². The molecule has 0 saturated carbocycles. The molecule has 1 N–H and O–H groups in total. The van der Waals surface area contributed by atoms with E-state index in [2.05, 4.69) is 5.32 Å². The van der Waals surface area contributed by atoms with Gasteiger partial charge in [0, 0.05) is 36.8 Å². The lowest BCUT2D eigenvalue weighted by Crippen LogP contribution is -2.48. The highest BCUT2D eigenvalue weighted by Crippen LogP contribution is 2.30. The Bertz CT molecular complexity index is 882. The molecule has 1 heterocycles. The Morgan fingerprint density at radius 2 is 1.75 bits per heavy atom. The molecule has 7 heteroatoms.